The second-order valence-corrected chi connectivity index (χ2v) is 5.95. The predicted molar refractivity (Wildman–Crippen MR) is 76.6 cm³/mol. The molecule has 18 heavy (non-hydrogen) atoms. The van der Waals surface area contributed by atoms with Crippen LogP contribution in [0.4, 0.5) is 5.82 Å². The lowest BCUT2D eigenvalue weighted by Crippen LogP contribution is -2.29. The Morgan fingerprint density at radius 1 is 1.61 bits per heavy atom. The van der Waals surface area contributed by atoms with Crippen molar-refractivity contribution in [1.29, 1.82) is 0 Å². The molecule has 0 spiro atoms. The fraction of sp³-hybridized carbons (Fsp3) is 0.500. The highest BCUT2D eigenvalue weighted by Gasteiger charge is 2.17. The summed E-state index contributed by atoms with van der Waals surface area (Å²) >= 11 is 7.79. The second-order valence-electron chi connectivity index (χ2n) is 4.16. The summed E-state index contributed by atoms with van der Waals surface area (Å²) in [6, 6.07) is 3.28. The Bertz CT molecular complexity index is 435. The number of nitrogens with one attached hydrogen (secondary N) is 2. The van der Waals surface area contributed by atoms with Gasteiger partial charge in [0.15, 0.2) is 0 Å². The zero-order valence-corrected chi connectivity index (χ0v) is 11.8. The lowest BCUT2D eigenvalue weighted by atomic mass is 10.2. The summed E-state index contributed by atoms with van der Waals surface area (Å²) in [5.41, 5.74) is 0.544. The molecule has 1 aromatic rings. The van der Waals surface area contributed by atoms with Crippen LogP contribution in [0.2, 0.25) is 5.15 Å². The van der Waals surface area contributed by atoms with Gasteiger partial charge in [0.25, 0.3) is 5.91 Å². The number of aromatic nitrogens is 1. The largest absolute Gasteiger partial charge is 0.373 e. The maximum Gasteiger partial charge on any atom is 0.251 e. The summed E-state index contributed by atoms with van der Waals surface area (Å²) in [5, 5.41) is 6.70. The van der Waals surface area contributed by atoms with E-state index in [1.54, 1.807) is 19.2 Å². The van der Waals surface area contributed by atoms with E-state index in [9.17, 15) is 4.79 Å². The SMILES string of the molecule is CNc1cc(C(=O)NCC2CCCS2)cc(Cl)n1. The average Bonchev–Trinajstić information content (AvgIpc) is 2.88. The second kappa shape index (κ2) is 6.29. The fourth-order valence-corrected chi connectivity index (χ4v) is 3.28. The van der Waals surface area contributed by atoms with Gasteiger partial charge in [-0.3, -0.25) is 4.79 Å². The molecule has 98 valence electrons. The number of carbonyl (C=O) groups excluding carboxylic acids is 1. The van der Waals surface area contributed by atoms with E-state index in [-0.39, 0.29) is 5.91 Å². The van der Waals surface area contributed by atoms with Gasteiger partial charge in [-0.1, -0.05) is 11.6 Å². The number of thioether (sulfide) groups is 1. The molecule has 0 bridgehead atoms. The van der Waals surface area contributed by atoms with Gasteiger partial charge in [0.2, 0.25) is 0 Å². The van der Waals surface area contributed by atoms with Crippen molar-refractivity contribution >= 4 is 35.1 Å². The van der Waals surface area contributed by atoms with Gasteiger partial charge < -0.3 is 10.6 Å². The number of hydrogen-bond donors (Lipinski definition) is 2. The van der Waals surface area contributed by atoms with Gasteiger partial charge in [0, 0.05) is 24.4 Å². The highest BCUT2D eigenvalue weighted by molar-refractivity contribution is 8.00. The first-order chi connectivity index (χ1) is 8.69. The number of anilines is 1. The van der Waals surface area contributed by atoms with Gasteiger partial charge in [0.1, 0.15) is 11.0 Å². The summed E-state index contributed by atoms with van der Waals surface area (Å²) in [7, 11) is 1.75. The number of nitrogens with zero attached hydrogens (tertiary/aromatic N) is 1. The molecule has 2 heterocycles. The van der Waals surface area contributed by atoms with Crippen LogP contribution in [0.15, 0.2) is 12.1 Å². The van der Waals surface area contributed by atoms with E-state index < -0.39 is 0 Å². The zero-order valence-electron chi connectivity index (χ0n) is 10.2. The first kappa shape index (κ1) is 13.5. The van der Waals surface area contributed by atoms with E-state index in [2.05, 4.69) is 15.6 Å². The van der Waals surface area contributed by atoms with Crippen molar-refractivity contribution < 1.29 is 4.79 Å². The Kier molecular flexibility index (Phi) is 4.72. The molecule has 0 aromatic carbocycles. The third-order valence-corrected chi connectivity index (χ3v) is 4.42. The van der Waals surface area contributed by atoms with E-state index in [0.29, 0.717) is 21.8 Å². The summed E-state index contributed by atoms with van der Waals surface area (Å²) in [6.07, 6.45) is 2.43. The van der Waals surface area contributed by atoms with Crippen LogP contribution in [-0.4, -0.2) is 35.5 Å². The smallest absolute Gasteiger partial charge is 0.251 e. The molecule has 2 N–H and O–H groups in total. The average molecular weight is 286 g/mol. The van der Waals surface area contributed by atoms with Crippen molar-refractivity contribution in [3.63, 3.8) is 0 Å². The fourth-order valence-electron chi connectivity index (χ4n) is 1.87. The van der Waals surface area contributed by atoms with Crippen LogP contribution in [0.5, 0.6) is 0 Å². The van der Waals surface area contributed by atoms with Gasteiger partial charge in [0.05, 0.1) is 0 Å². The monoisotopic (exact) mass is 285 g/mol. The lowest BCUT2D eigenvalue weighted by molar-refractivity contribution is 0.0953. The molecule has 1 aliphatic rings. The first-order valence-corrected chi connectivity index (χ1v) is 7.37. The minimum atomic E-state index is -0.0942. The Balaban J connectivity index is 1.97. The number of pyridine rings is 1. The van der Waals surface area contributed by atoms with E-state index in [4.69, 9.17) is 11.6 Å². The highest BCUT2D eigenvalue weighted by Crippen LogP contribution is 2.25. The van der Waals surface area contributed by atoms with Crippen LogP contribution in [0, 0.1) is 0 Å². The summed E-state index contributed by atoms with van der Waals surface area (Å²) in [6.45, 7) is 0.721. The quantitative estimate of drug-likeness (QED) is 0.834. The highest BCUT2D eigenvalue weighted by atomic mass is 35.5. The van der Waals surface area contributed by atoms with E-state index in [1.807, 2.05) is 11.8 Å². The minimum Gasteiger partial charge on any atom is -0.373 e. The molecule has 0 saturated carbocycles. The minimum absolute atomic E-state index is 0.0942. The van der Waals surface area contributed by atoms with Crippen molar-refractivity contribution in [2.75, 3.05) is 24.7 Å². The molecule has 1 saturated heterocycles. The van der Waals surface area contributed by atoms with Crippen LogP contribution in [0.3, 0.4) is 0 Å². The Morgan fingerprint density at radius 2 is 2.44 bits per heavy atom. The van der Waals surface area contributed by atoms with Gasteiger partial charge >= 0.3 is 0 Å². The maximum atomic E-state index is 12.0. The number of amides is 1. The van der Waals surface area contributed by atoms with Crippen molar-refractivity contribution in [3.05, 3.63) is 22.8 Å². The van der Waals surface area contributed by atoms with Crippen molar-refractivity contribution in [1.82, 2.24) is 10.3 Å². The van der Waals surface area contributed by atoms with Crippen molar-refractivity contribution in [3.8, 4) is 0 Å². The molecule has 1 fully saturated rings. The molecular weight excluding hydrogens is 270 g/mol. The van der Waals surface area contributed by atoms with Gasteiger partial charge in [-0.25, -0.2) is 4.98 Å². The molecule has 1 amide bonds. The Labute approximate surface area is 116 Å². The van der Waals surface area contributed by atoms with Crippen LogP contribution in [-0.2, 0) is 0 Å². The van der Waals surface area contributed by atoms with Gasteiger partial charge in [-0.2, -0.15) is 11.8 Å². The van der Waals surface area contributed by atoms with Gasteiger partial charge in [-0.05, 0) is 30.7 Å². The van der Waals surface area contributed by atoms with E-state index in [1.165, 1.54) is 18.6 Å². The molecule has 2 rings (SSSR count). The summed E-state index contributed by atoms with van der Waals surface area (Å²) in [5.74, 6) is 1.71. The third kappa shape index (κ3) is 3.53. The van der Waals surface area contributed by atoms with Crippen LogP contribution < -0.4 is 10.6 Å². The molecule has 0 aliphatic carbocycles. The Hall–Kier alpha value is -0.940. The number of hydrogen-bond acceptors (Lipinski definition) is 4. The third-order valence-electron chi connectivity index (χ3n) is 2.83. The van der Waals surface area contributed by atoms with E-state index in [0.717, 1.165) is 6.54 Å². The first-order valence-electron chi connectivity index (χ1n) is 5.94. The van der Waals surface area contributed by atoms with E-state index >= 15 is 0 Å². The molecule has 6 heteroatoms. The summed E-state index contributed by atoms with van der Waals surface area (Å²) < 4.78 is 0. The van der Waals surface area contributed by atoms with Crippen molar-refractivity contribution in [2.24, 2.45) is 0 Å². The van der Waals surface area contributed by atoms with Crippen molar-refractivity contribution in [2.45, 2.75) is 18.1 Å². The number of carbonyl (C=O) groups is 1. The topological polar surface area (TPSA) is 54.0 Å². The Morgan fingerprint density at radius 3 is 3.11 bits per heavy atom. The lowest BCUT2D eigenvalue weighted by Gasteiger charge is -2.11. The molecular formula is C12H16ClN3OS. The number of halogens is 1. The summed E-state index contributed by atoms with van der Waals surface area (Å²) in [4.78, 5) is 16.0. The van der Waals surface area contributed by atoms with Crippen LogP contribution >= 0.6 is 23.4 Å². The molecule has 0 radical (unpaired) electrons. The normalized spacial score (nSPS) is 18.7. The van der Waals surface area contributed by atoms with Gasteiger partial charge in [-0.15, -0.1) is 0 Å². The molecule has 1 aliphatic heterocycles. The van der Waals surface area contributed by atoms with Crippen LogP contribution in [0.25, 0.3) is 0 Å². The molecule has 1 unspecified atom stereocenters. The molecule has 1 atom stereocenters. The molecule has 1 aromatic heterocycles. The molecule has 4 nitrogen and oxygen atoms in total. The standard InChI is InChI=1S/C12H16ClN3OS/c1-14-11-6-8(5-10(13)16-11)12(17)15-7-9-3-2-4-18-9/h5-6,9H,2-4,7H2,1H3,(H,14,16)(H,15,17). The maximum absolute atomic E-state index is 12.0. The number of rotatable bonds is 4. The predicted octanol–water partition coefficient (Wildman–Crippen LogP) is 2.40. The zero-order chi connectivity index (χ0) is 13.0. The van der Waals surface area contributed by atoms with Crippen LogP contribution in [0.1, 0.15) is 23.2 Å².